The van der Waals surface area contributed by atoms with Crippen molar-refractivity contribution in [3.05, 3.63) is 46.2 Å². The minimum atomic E-state index is -1.05. The minimum absolute atomic E-state index is 0.0804. The van der Waals surface area contributed by atoms with Gasteiger partial charge in [0.2, 0.25) is 0 Å². The van der Waals surface area contributed by atoms with Crippen molar-refractivity contribution in [2.75, 3.05) is 0 Å². The summed E-state index contributed by atoms with van der Waals surface area (Å²) in [6.45, 7) is 0. The van der Waals surface area contributed by atoms with Gasteiger partial charge >= 0.3 is 5.97 Å². The van der Waals surface area contributed by atoms with Crippen LogP contribution in [0.15, 0.2) is 35.1 Å². The van der Waals surface area contributed by atoms with E-state index in [1.165, 1.54) is 17.1 Å². The van der Waals surface area contributed by atoms with Gasteiger partial charge in [-0.3, -0.25) is 0 Å². The molecule has 17 heavy (non-hydrogen) atoms. The van der Waals surface area contributed by atoms with E-state index in [0.29, 0.717) is 11.3 Å². The van der Waals surface area contributed by atoms with Crippen molar-refractivity contribution >= 4 is 21.9 Å². The van der Waals surface area contributed by atoms with Gasteiger partial charge in [-0.2, -0.15) is 10.4 Å². The number of hydrogen-bond acceptors (Lipinski definition) is 3. The van der Waals surface area contributed by atoms with Crippen molar-refractivity contribution in [3.63, 3.8) is 0 Å². The Morgan fingerprint density at radius 2 is 2.29 bits per heavy atom. The standard InChI is InChI=1S/C11H6BrN3O2/c12-9-1-2-10(7(3-9)4-13)15-6-8(5-14-15)11(16)17/h1-3,5-6H,(H,16,17). The molecule has 0 spiro atoms. The molecule has 2 rings (SSSR count). The maximum absolute atomic E-state index is 10.7. The van der Waals surface area contributed by atoms with E-state index in [-0.39, 0.29) is 5.56 Å². The van der Waals surface area contributed by atoms with Crippen molar-refractivity contribution in [2.45, 2.75) is 0 Å². The number of nitriles is 1. The van der Waals surface area contributed by atoms with Crippen LogP contribution in [0.1, 0.15) is 15.9 Å². The highest BCUT2D eigenvalue weighted by Crippen LogP contribution is 2.19. The van der Waals surface area contributed by atoms with Gasteiger partial charge in [-0.05, 0) is 18.2 Å². The summed E-state index contributed by atoms with van der Waals surface area (Å²) in [5.41, 5.74) is 1.04. The highest BCUT2D eigenvalue weighted by molar-refractivity contribution is 9.10. The maximum atomic E-state index is 10.7. The Bertz CT molecular complexity index is 628. The smallest absolute Gasteiger partial charge is 0.338 e. The molecule has 0 unspecified atom stereocenters. The van der Waals surface area contributed by atoms with Crippen molar-refractivity contribution in [3.8, 4) is 11.8 Å². The summed E-state index contributed by atoms with van der Waals surface area (Å²) in [5.74, 6) is -1.05. The molecule has 1 aromatic heterocycles. The summed E-state index contributed by atoms with van der Waals surface area (Å²) < 4.78 is 2.15. The highest BCUT2D eigenvalue weighted by Gasteiger charge is 2.10. The zero-order valence-electron chi connectivity index (χ0n) is 8.46. The average Bonchev–Trinajstić information content (AvgIpc) is 2.78. The van der Waals surface area contributed by atoms with Crippen LogP contribution in [0, 0.1) is 11.3 Å². The highest BCUT2D eigenvalue weighted by atomic mass is 79.9. The number of hydrogen-bond donors (Lipinski definition) is 1. The maximum Gasteiger partial charge on any atom is 0.338 e. The second-order valence-corrected chi connectivity index (χ2v) is 4.17. The predicted octanol–water partition coefficient (Wildman–Crippen LogP) is 2.20. The molecule has 2 aromatic rings. The van der Waals surface area contributed by atoms with E-state index in [0.717, 1.165) is 4.47 Å². The molecule has 1 aromatic carbocycles. The van der Waals surface area contributed by atoms with Gasteiger partial charge in [0, 0.05) is 10.7 Å². The molecule has 0 radical (unpaired) electrons. The predicted molar refractivity (Wildman–Crippen MR) is 62.9 cm³/mol. The quantitative estimate of drug-likeness (QED) is 0.920. The summed E-state index contributed by atoms with van der Waals surface area (Å²) in [6.07, 6.45) is 2.61. The van der Waals surface area contributed by atoms with Crippen LogP contribution in [-0.4, -0.2) is 20.9 Å². The van der Waals surface area contributed by atoms with Crippen LogP contribution in [0.5, 0.6) is 0 Å². The van der Waals surface area contributed by atoms with E-state index in [1.54, 1.807) is 18.2 Å². The number of benzene rings is 1. The molecule has 0 aliphatic heterocycles. The molecule has 0 fully saturated rings. The van der Waals surface area contributed by atoms with Gasteiger partial charge in [0.25, 0.3) is 0 Å². The fourth-order valence-electron chi connectivity index (χ4n) is 1.36. The Balaban J connectivity index is 2.53. The molecule has 0 aliphatic rings. The number of nitrogens with zero attached hydrogens (tertiary/aromatic N) is 3. The van der Waals surface area contributed by atoms with Gasteiger partial charge in [-0.25, -0.2) is 9.48 Å². The number of carboxylic acid groups (broad SMARTS) is 1. The Kier molecular flexibility index (Phi) is 2.93. The van der Waals surface area contributed by atoms with Crippen LogP contribution in [-0.2, 0) is 0 Å². The number of carboxylic acids is 1. The summed E-state index contributed by atoms with van der Waals surface area (Å²) in [7, 11) is 0. The SMILES string of the molecule is N#Cc1cc(Br)ccc1-n1cc(C(=O)O)cn1. The second kappa shape index (κ2) is 4.39. The third-order valence-electron chi connectivity index (χ3n) is 2.16. The van der Waals surface area contributed by atoms with E-state index in [2.05, 4.69) is 21.0 Å². The molecule has 0 atom stereocenters. The van der Waals surface area contributed by atoms with E-state index in [4.69, 9.17) is 10.4 Å². The molecule has 6 heteroatoms. The summed E-state index contributed by atoms with van der Waals surface area (Å²) in [6, 6.07) is 7.14. The second-order valence-electron chi connectivity index (χ2n) is 3.25. The van der Waals surface area contributed by atoms with E-state index in [9.17, 15) is 4.79 Å². The van der Waals surface area contributed by atoms with Crippen molar-refractivity contribution in [1.29, 1.82) is 5.26 Å². The number of halogens is 1. The number of aromatic carboxylic acids is 1. The van der Waals surface area contributed by atoms with Crippen molar-refractivity contribution < 1.29 is 9.90 Å². The lowest BCUT2D eigenvalue weighted by atomic mass is 10.2. The monoisotopic (exact) mass is 291 g/mol. The molecular weight excluding hydrogens is 286 g/mol. The van der Waals surface area contributed by atoms with Gasteiger partial charge < -0.3 is 5.11 Å². The van der Waals surface area contributed by atoms with Crippen molar-refractivity contribution in [1.82, 2.24) is 9.78 Å². The molecule has 84 valence electrons. The molecule has 0 bridgehead atoms. The molecular formula is C11H6BrN3O2. The number of carbonyl (C=O) groups is 1. The third-order valence-corrected chi connectivity index (χ3v) is 2.65. The lowest BCUT2D eigenvalue weighted by Crippen LogP contribution is -1.98. The number of rotatable bonds is 2. The van der Waals surface area contributed by atoms with Gasteiger partial charge in [-0.15, -0.1) is 0 Å². The van der Waals surface area contributed by atoms with Gasteiger partial charge in [0.1, 0.15) is 6.07 Å². The molecule has 0 aliphatic carbocycles. The lowest BCUT2D eigenvalue weighted by molar-refractivity contribution is 0.0697. The van der Waals surface area contributed by atoms with Crippen LogP contribution < -0.4 is 0 Å². The van der Waals surface area contributed by atoms with E-state index in [1.807, 2.05) is 6.07 Å². The van der Waals surface area contributed by atoms with Crippen LogP contribution in [0.2, 0.25) is 0 Å². The fraction of sp³-hybridized carbons (Fsp3) is 0. The topological polar surface area (TPSA) is 78.9 Å². The van der Waals surface area contributed by atoms with E-state index < -0.39 is 5.97 Å². The first-order valence-electron chi connectivity index (χ1n) is 4.60. The Labute approximate surface area is 105 Å². The minimum Gasteiger partial charge on any atom is -0.478 e. The third kappa shape index (κ3) is 2.19. The molecule has 0 saturated heterocycles. The Morgan fingerprint density at radius 1 is 1.53 bits per heavy atom. The molecule has 0 saturated carbocycles. The molecule has 1 heterocycles. The van der Waals surface area contributed by atoms with Crippen molar-refractivity contribution in [2.24, 2.45) is 0 Å². The van der Waals surface area contributed by atoms with Crippen LogP contribution in [0.25, 0.3) is 5.69 Å². The lowest BCUT2D eigenvalue weighted by Gasteiger charge is -2.03. The van der Waals surface area contributed by atoms with Crippen LogP contribution >= 0.6 is 15.9 Å². The van der Waals surface area contributed by atoms with Crippen LogP contribution in [0.3, 0.4) is 0 Å². The number of aromatic nitrogens is 2. The van der Waals surface area contributed by atoms with Gasteiger partial charge in [0.05, 0.1) is 23.0 Å². The molecule has 0 amide bonds. The zero-order chi connectivity index (χ0) is 12.4. The molecule has 1 N–H and O–H groups in total. The normalized spacial score (nSPS) is 9.88. The van der Waals surface area contributed by atoms with Gasteiger partial charge in [0.15, 0.2) is 0 Å². The Morgan fingerprint density at radius 3 is 2.88 bits per heavy atom. The zero-order valence-corrected chi connectivity index (χ0v) is 10.0. The van der Waals surface area contributed by atoms with Crippen LogP contribution in [0.4, 0.5) is 0 Å². The largest absolute Gasteiger partial charge is 0.478 e. The fourth-order valence-corrected chi connectivity index (χ4v) is 1.72. The first-order chi connectivity index (χ1) is 8.11. The molecule has 5 nitrogen and oxygen atoms in total. The van der Waals surface area contributed by atoms with E-state index >= 15 is 0 Å². The Hall–Kier alpha value is -2.13. The summed E-state index contributed by atoms with van der Waals surface area (Å²) in [4.78, 5) is 10.7. The summed E-state index contributed by atoms with van der Waals surface area (Å²) >= 11 is 3.26. The van der Waals surface area contributed by atoms with Gasteiger partial charge in [-0.1, -0.05) is 15.9 Å². The average molecular weight is 292 g/mol. The first kappa shape index (κ1) is 11.4. The summed E-state index contributed by atoms with van der Waals surface area (Å²) in [5, 5.41) is 21.7. The first-order valence-corrected chi connectivity index (χ1v) is 5.39.